The van der Waals surface area contributed by atoms with E-state index in [1.165, 1.54) is 12.0 Å². The van der Waals surface area contributed by atoms with Crippen LogP contribution in [0.15, 0.2) is 30.3 Å². The Balaban J connectivity index is 1.30. The lowest BCUT2D eigenvalue weighted by Crippen LogP contribution is -2.43. The zero-order chi connectivity index (χ0) is 18.6. The molecular formula is C19H29N3O3S. The van der Waals surface area contributed by atoms with Gasteiger partial charge in [-0.1, -0.05) is 30.3 Å². The van der Waals surface area contributed by atoms with E-state index in [1.807, 2.05) is 4.72 Å². The monoisotopic (exact) mass is 379 g/mol. The third-order valence-electron chi connectivity index (χ3n) is 5.23. The number of amides is 1. The molecule has 0 radical (unpaired) electrons. The van der Waals surface area contributed by atoms with E-state index in [4.69, 9.17) is 0 Å². The molecule has 2 aliphatic rings. The minimum Gasteiger partial charge on any atom is -0.311 e. The number of likely N-dealkylation sites (tertiary alicyclic amines) is 1. The molecule has 1 heterocycles. The first-order valence-electron chi connectivity index (χ1n) is 9.45. The molecule has 1 aromatic carbocycles. The highest BCUT2D eigenvalue weighted by atomic mass is 32.2. The standard InChI is InChI=1S/C19H29N3O3S/c1-26(24,25)21-19(23)8-5-11-22-12-9-16(10-13-22)20-18-14-17(18)15-6-3-2-4-7-15/h2-4,6-7,16-18,20H,5,8-14H2,1H3,(H,21,23)/t17-,18+/m0/s1. The molecule has 0 unspecified atom stereocenters. The average Bonchev–Trinajstić information content (AvgIpc) is 3.35. The molecule has 2 N–H and O–H groups in total. The van der Waals surface area contributed by atoms with Gasteiger partial charge >= 0.3 is 0 Å². The van der Waals surface area contributed by atoms with E-state index in [2.05, 4.69) is 40.5 Å². The minimum atomic E-state index is -3.44. The van der Waals surface area contributed by atoms with Crippen molar-refractivity contribution >= 4 is 15.9 Å². The van der Waals surface area contributed by atoms with E-state index in [0.717, 1.165) is 38.7 Å². The number of carbonyl (C=O) groups excluding carboxylic acids is 1. The Bertz CT molecular complexity index is 700. The molecule has 1 amide bonds. The number of hydrogen-bond acceptors (Lipinski definition) is 5. The van der Waals surface area contributed by atoms with Gasteiger partial charge in [0, 0.05) is 24.4 Å². The van der Waals surface area contributed by atoms with Gasteiger partial charge in [-0.2, -0.15) is 0 Å². The Morgan fingerprint density at radius 2 is 1.88 bits per heavy atom. The molecule has 6 nitrogen and oxygen atoms in total. The lowest BCUT2D eigenvalue weighted by Gasteiger charge is -2.32. The van der Waals surface area contributed by atoms with Crippen LogP contribution in [-0.4, -0.2) is 57.2 Å². The quantitative estimate of drug-likeness (QED) is 0.715. The summed E-state index contributed by atoms with van der Waals surface area (Å²) in [7, 11) is -3.44. The summed E-state index contributed by atoms with van der Waals surface area (Å²) in [5.41, 5.74) is 1.44. The lowest BCUT2D eigenvalue weighted by molar-refractivity contribution is -0.119. The van der Waals surface area contributed by atoms with Crippen LogP contribution in [0.5, 0.6) is 0 Å². The predicted molar refractivity (Wildman–Crippen MR) is 102 cm³/mol. The fourth-order valence-electron chi connectivity index (χ4n) is 3.79. The van der Waals surface area contributed by atoms with E-state index in [0.29, 0.717) is 24.4 Å². The van der Waals surface area contributed by atoms with E-state index in [9.17, 15) is 13.2 Å². The molecule has 2 fully saturated rings. The van der Waals surface area contributed by atoms with Crippen LogP contribution >= 0.6 is 0 Å². The first kappa shape index (κ1) is 19.3. The van der Waals surface area contributed by atoms with Gasteiger partial charge in [-0.05, 0) is 50.9 Å². The Morgan fingerprint density at radius 1 is 1.19 bits per heavy atom. The number of rotatable bonds is 8. The molecule has 0 spiro atoms. The third-order valence-corrected chi connectivity index (χ3v) is 5.83. The highest BCUT2D eigenvalue weighted by molar-refractivity contribution is 7.89. The summed E-state index contributed by atoms with van der Waals surface area (Å²) in [5, 5.41) is 3.80. The van der Waals surface area contributed by atoms with E-state index in [-0.39, 0.29) is 6.42 Å². The topological polar surface area (TPSA) is 78.5 Å². The second-order valence-corrected chi connectivity index (χ2v) is 9.29. The summed E-state index contributed by atoms with van der Waals surface area (Å²) in [5.74, 6) is 0.257. The van der Waals surface area contributed by atoms with Gasteiger partial charge in [-0.15, -0.1) is 0 Å². The molecule has 26 heavy (non-hydrogen) atoms. The summed E-state index contributed by atoms with van der Waals surface area (Å²) in [6, 6.07) is 11.9. The number of sulfonamides is 1. The smallest absolute Gasteiger partial charge is 0.233 e. The highest BCUT2D eigenvalue weighted by Crippen LogP contribution is 2.41. The summed E-state index contributed by atoms with van der Waals surface area (Å²) in [4.78, 5) is 13.9. The van der Waals surface area contributed by atoms with E-state index >= 15 is 0 Å². The first-order chi connectivity index (χ1) is 12.4. The summed E-state index contributed by atoms with van der Waals surface area (Å²) >= 11 is 0. The van der Waals surface area contributed by atoms with Crippen LogP contribution in [0.2, 0.25) is 0 Å². The van der Waals surface area contributed by atoms with Gasteiger partial charge in [0.05, 0.1) is 6.26 Å². The number of hydrogen-bond donors (Lipinski definition) is 2. The van der Waals surface area contributed by atoms with Crippen LogP contribution in [0.4, 0.5) is 0 Å². The zero-order valence-electron chi connectivity index (χ0n) is 15.4. The molecule has 0 aromatic heterocycles. The number of nitrogens with one attached hydrogen (secondary N) is 2. The first-order valence-corrected chi connectivity index (χ1v) is 11.3. The van der Waals surface area contributed by atoms with Gasteiger partial charge in [-0.3, -0.25) is 9.52 Å². The molecule has 1 aliphatic heterocycles. The minimum absolute atomic E-state index is 0.256. The van der Waals surface area contributed by atoms with E-state index in [1.54, 1.807) is 0 Å². The fourth-order valence-corrected chi connectivity index (χ4v) is 4.31. The van der Waals surface area contributed by atoms with Crippen molar-refractivity contribution in [1.29, 1.82) is 0 Å². The van der Waals surface area contributed by atoms with Crippen LogP contribution in [0.1, 0.15) is 43.6 Å². The van der Waals surface area contributed by atoms with Crippen molar-refractivity contribution in [1.82, 2.24) is 14.9 Å². The molecular weight excluding hydrogens is 350 g/mol. The second kappa shape index (κ2) is 8.50. The van der Waals surface area contributed by atoms with Gasteiger partial charge in [0.15, 0.2) is 0 Å². The molecule has 1 saturated heterocycles. The Kier molecular flexibility index (Phi) is 6.32. The number of carbonyl (C=O) groups is 1. The molecule has 1 aromatic rings. The van der Waals surface area contributed by atoms with Crippen LogP contribution in [0.25, 0.3) is 0 Å². The highest BCUT2D eigenvalue weighted by Gasteiger charge is 2.39. The molecule has 0 bridgehead atoms. The van der Waals surface area contributed by atoms with Crippen molar-refractivity contribution in [3.8, 4) is 0 Å². The number of piperidine rings is 1. The van der Waals surface area contributed by atoms with Crippen molar-refractivity contribution in [3.63, 3.8) is 0 Å². The van der Waals surface area contributed by atoms with Gasteiger partial charge in [0.2, 0.25) is 15.9 Å². The zero-order valence-corrected chi connectivity index (χ0v) is 16.2. The summed E-state index contributed by atoms with van der Waals surface area (Å²) < 4.78 is 24.0. The van der Waals surface area contributed by atoms with Gasteiger partial charge in [-0.25, -0.2) is 8.42 Å². The second-order valence-electron chi connectivity index (χ2n) is 7.54. The number of benzene rings is 1. The van der Waals surface area contributed by atoms with Crippen LogP contribution < -0.4 is 10.0 Å². The predicted octanol–water partition coefficient (Wildman–Crippen LogP) is 1.45. The SMILES string of the molecule is CS(=O)(=O)NC(=O)CCCN1CCC(N[C@@H]2C[C@H]2c2ccccc2)CC1. The maximum absolute atomic E-state index is 11.5. The summed E-state index contributed by atoms with van der Waals surface area (Å²) in [6.45, 7) is 2.92. The maximum atomic E-state index is 11.5. The normalized spacial score (nSPS) is 24.3. The molecule has 1 aliphatic carbocycles. The molecule has 3 rings (SSSR count). The van der Waals surface area contributed by atoms with Gasteiger partial charge in [0.1, 0.15) is 0 Å². The van der Waals surface area contributed by atoms with Crippen molar-refractivity contribution in [2.45, 2.75) is 50.1 Å². The van der Waals surface area contributed by atoms with Crippen molar-refractivity contribution in [2.24, 2.45) is 0 Å². The van der Waals surface area contributed by atoms with Crippen molar-refractivity contribution in [2.75, 3.05) is 25.9 Å². The lowest BCUT2D eigenvalue weighted by atomic mass is 10.0. The van der Waals surface area contributed by atoms with Crippen LogP contribution in [0.3, 0.4) is 0 Å². The Morgan fingerprint density at radius 3 is 2.54 bits per heavy atom. The van der Waals surface area contributed by atoms with Crippen molar-refractivity contribution < 1.29 is 13.2 Å². The van der Waals surface area contributed by atoms with Crippen LogP contribution in [0, 0.1) is 0 Å². The molecule has 7 heteroatoms. The largest absolute Gasteiger partial charge is 0.311 e. The molecule has 1 saturated carbocycles. The van der Waals surface area contributed by atoms with Gasteiger partial charge in [0.25, 0.3) is 0 Å². The Hall–Kier alpha value is -1.44. The fraction of sp³-hybridized carbons (Fsp3) is 0.632. The summed E-state index contributed by atoms with van der Waals surface area (Å²) in [6.07, 6.45) is 5.45. The maximum Gasteiger partial charge on any atom is 0.233 e. The molecule has 2 atom stereocenters. The average molecular weight is 380 g/mol. The van der Waals surface area contributed by atoms with Crippen molar-refractivity contribution in [3.05, 3.63) is 35.9 Å². The molecule has 144 valence electrons. The van der Waals surface area contributed by atoms with Crippen LogP contribution in [-0.2, 0) is 14.8 Å². The third kappa shape index (κ3) is 6.07. The van der Waals surface area contributed by atoms with Gasteiger partial charge < -0.3 is 10.2 Å². The van der Waals surface area contributed by atoms with E-state index < -0.39 is 15.9 Å². The number of nitrogens with zero attached hydrogens (tertiary/aromatic N) is 1. The Labute approximate surface area is 156 Å².